The Balaban J connectivity index is 1.25. The maximum absolute atomic E-state index is 12.5. The molecule has 0 spiro atoms. The molecule has 5 rings (SSSR count). The van der Waals surface area contributed by atoms with Crippen LogP contribution in [0.4, 0.5) is 11.4 Å². The Bertz CT molecular complexity index is 1200. The van der Waals surface area contributed by atoms with Crippen LogP contribution in [0.2, 0.25) is 0 Å². The molecule has 0 aromatic heterocycles. The van der Waals surface area contributed by atoms with Crippen molar-refractivity contribution in [2.75, 3.05) is 50.1 Å². The average molecular weight is 443 g/mol. The van der Waals surface area contributed by atoms with Crippen molar-refractivity contribution in [3.05, 3.63) is 77.2 Å². The van der Waals surface area contributed by atoms with E-state index >= 15 is 0 Å². The fourth-order valence-electron chi connectivity index (χ4n) is 4.18. The second kappa shape index (κ2) is 8.71. The molecule has 0 bridgehead atoms. The van der Waals surface area contributed by atoms with E-state index in [1.165, 1.54) is 28.2 Å². The van der Waals surface area contributed by atoms with Crippen LogP contribution >= 0.6 is 11.8 Å². The van der Waals surface area contributed by atoms with Gasteiger partial charge in [0.25, 0.3) is 5.91 Å². The van der Waals surface area contributed by atoms with E-state index in [-0.39, 0.29) is 5.91 Å². The van der Waals surface area contributed by atoms with E-state index in [4.69, 9.17) is 0 Å². The number of amides is 1. The third-order valence-electron chi connectivity index (χ3n) is 5.97. The van der Waals surface area contributed by atoms with Crippen LogP contribution in [-0.2, 0) is 4.79 Å². The predicted octanol–water partition coefficient (Wildman–Crippen LogP) is 4.70. The van der Waals surface area contributed by atoms with Crippen LogP contribution in [-0.4, -0.2) is 56.2 Å². The highest BCUT2D eigenvalue weighted by Gasteiger charge is 2.28. The Kier molecular flexibility index (Phi) is 5.62. The lowest BCUT2D eigenvalue weighted by Crippen LogP contribution is -2.47. The zero-order valence-corrected chi connectivity index (χ0v) is 19.2. The topological polar surface area (TPSA) is 39.1 Å². The van der Waals surface area contributed by atoms with Gasteiger partial charge in [-0.25, -0.2) is 0 Å². The molecule has 1 fully saturated rings. The van der Waals surface area contributed by atoms with Gasteiger partial charge in [-0.05, 0) is 47.0 Å². The number of benzene rings is 3. The number of anilines is 2. The van der Waals surface area contributed by atoms with Gasteiger partial charge in [-0.3, -0.25) is 4.79 Å². The lowest BCUT2D eigenvalue weighted by atomic mass is 10.1. The van der Waals surface area contributed by atoms with Gasteiger partial charge in [-0.15, -0.1) is 0 Å². The van der Waals surface area contributed by atoms with Crippen molar-refractivity contribution in [2.24, 2.45) is 4.99 Å². The van der Waals surface area contributed by atoms with Crippen LogP contribution in [0.25, 0.3) is 16.8 Å². The van der Waals surface area contributed by atoms with E-state index in [1.807, 2.05) is 32.3 Å². The van der Waals surface area contributed by atoms with Gasteiger partial charge in [-0.1, -0.05) is 48.5 Å². The lowest BCUT2D eigenvalue weighted by Gasteiger charge is -2.37. The third-order valence-corrected chi connectivity index (χ3v) is 7.02. The first-order chi connectivity index (χ1) is 15.6. The molecule has 0 saturated carbocycles. The first-order valence-electron chi connectivity index (χ1n) is 10.9. The number of carbonyl (C=O) groups excluding carboxylic acids is 1. The van der Waals surface area contributed by atoms with Crippen molar-refractivity contribution in [3.63, 3.8) is 0 Å². The highest BCUT2D eigenvalue weighted by atomic mass is 32.2. The molecule has 0 aliphatic carbocycles. The van der Waals surface area contributed by atoms with Crippen LogP contribution < -0.4 is 9.80 Å². The SMILES string of the molecule is CN(C)c1ccc(C=C2SC(N3CCN(c4cccc5ccccc45)CC3)=NC2=O)cc1. The minimum Gasteiger partial charge on any atom is -0.378 e. The number of rotatable bonds is 3. The highest BCUT2D eigenvalue weighted by Crippen LogP contribution is 2.32. The van der Waals surface area contributed by atoms with Gasteiger partial charge >= 0.3 is 0 Å². The van der Waals surface area contributed by atoms with Crippen LogP contribution in [0.1, 0.15) is 5.56 Å². The zero-order chi connectivity index (χ0) is 22.1. The van der Waals surface area contributed by atoms with Gasteiger partial charge in [0, 0.05) is 57.0 Å². The van der Waals surface area contributed by atoms with E-state index in [1.54, 1.807) is 0 Å². The van der Waals surface area contributed by atoms with Gasteiger partial charge in [0.1, 0.15) is 0 Å². The van der Waals surface area contributed by atoms with Crippen molar-refractivity contribution in [2.45, 2.75) is 0 Å². The number of amidine groups is 1. The molecule has 162 valence electrons. The number of thioether (sulfide) groups is 1. The Morgan fingerprint density at radius 2 is 1.56 bits per heavy atom. The number of piperazine rings is 1. The molecule has 0 N–H and O–H groups in total. The summed E-state index contributed by atoms with van der Waals surface area (Å²) in [6.45, 7) is 3.53. The smallest absolute Gasteiger partial charge is 0.286 e. The molecule has 3 aromatic carbocycles. The van der Waals surface area contributed by atoms with Crippen molar-refractivity contribution in [1.29, 1.82) is 0 Å². The summed E-state index contributed by atoms with van der Waals surface area (Å²) in [6.07, 6.45) is 1.94. The fourth-order valence-corrected chi connectivity index (χ4v) is 5.14. The van der Waals surface area contributed by atoms with Gasteiger partial charge in [0.05, 0.1) is 4.91 Å². The number of hydrogen-bond donors (Lipinski definition) is 0. The predicted molar refractivity (Wildman–Crippen MR) is 137 cm³/mol. The van der Waals surface area contributed by atoms with Crippen LogP contribution in [0.15, 0.2) is 76.6 Å². The van der Waals surface area contributed by atoms with Crippen LogP contribution in [0.3, 0.4) is 0 Å². The van der Waals surface area contributed by atoms with Crippen LogP contribution in [0.5, 0.6) is 0 Å². The van der Waals surface area contributed by atoms with E-state index in [9.17, 15) is 4.79 Å². The Hall–Kier alpha value is -3.25. The fraction of sp³-hybridized carbons (Fsp3) is 0.231. The first kappa shape index (κ1) is 20.6. The van der Waals surface area contributed by atoms with Gasteiger partial charge in [0.2, 0.25) is 0 Å². The molecule has 2 aliphatic rings. The zero-order valence-electron chi connectivity index (χ0n) is 18.4. The molecule has 1 saturated heterocycles. The summed E-state index contributed by atoms with van der Waals surface area (Å²) in [7, 11) is 4.04. The molecule has 0 unspecified atom stereocenters. The molecule has 3 aromatic rings. The average Bonchev–Trinajstić information content (AvgIpc) is 3.19. The molecule has 2 heterocycles. The monoisotopic (exact) mass is 442 g/mol. The lowest BCUT2D eigenvalue weighted by molar-refractivity contribution is -0.113. The van der Waals surface area contributed by atoms with Crippen molar-refractivity contribution in [3.8, 4) is 0 Å². The number of fused-ring (bicyclic) bond motifs is 1. The Morgan fingerprint density at radius 3 is 2.31 bits per heavy atom. The van der Waals surface area contributed by atoms with Crippen molar-refractivity contribution < 1.29 is 4.79 Å². The minimum absolute atomic E-state index is 0.141. The molecule has 5 nitrogen and oxygen atoms in total. The summed E-state index contributed by atoms with van der Waals surface area (Å²) in [4.78, 5) is 24.3. The van der Waals surface area contributed by atoms with Crippen molar-refractivity contribution >= 4 is 51.1 Å². The number of carbonyl (C=O) groups is 1. The van der Waals surface area contributed by atoms with E-state index in [0.29, 0.717) is 4.91 Å². The normalized spacial score (nSPS) is 17.9. The molecular formula is C26H26N4OS. The molecule has 1 amide bonds. The summed E-state index contributed by atoms with van der Waals surface area (Å²) in [5.74, 6) is -0.141. The standard InChI is InChI=1S/C26H26N4OS/c1-28(2)21-12-10-19(11-13-21)18-24-25(31)27-26(32-24)30-16-14-29(15-17-30)23-9-5-7-20-6-3-4-8-22(20)23/h3-13,18H,14-17H2,1-2H3. The molecule has 6 heteroatoms. The second-order valence-corrected chi connectivity index (χ2v) is 9.28. The quantitative estimate of drug-likeness (QED) is 0.550. The molecule has 0 atom stereocenters. The first-order valence-corrected chi connectivity index (χ1v) is 11.7. The Morgan fingerprint density at radius 1 is 0.875 bits per heavy atom. The van der Waals surface area contributed by atoms with E-state index in [0.717, 1.165) is 42.6 Å². The van der Waals surface area contributed by atoms with Crippen LogP contribution in [0, 0.1) is 0 Å². The van der Waals surface area contributed by atoms with E-state index in [2.05, 4.69) is 74.3 Å². The maximum atomic E-state index is 12.5. The highest BCUT2D eigenvalue weighted by molar-refractivity contribution is 8.18. The third kappa shape index (κ3) is 4.10. The van der Waals surface area contributed by atoms with Crippen molar-refractivity contribution in [1.82, 2.24) is 4.90 Å². The maximum Gasteiger partial charge on any atom is 0.286 e. The molecule has 32 heavy (non-hydrogen) atoms. The summed E-state index contributed by atoms with van der Waals surface area (Å²) in [6, 6.07) is 23.2. The van der Waals surface area contributed by atoms with Gasteiger partial charge < -0.3 is 14.7 Å². The number of aliphatic imine (C=N–C) groups is 1. The molecule has 0 radical (unpaired) electrons. The molecular weight excluding hydrogens is 416 g/mol. The number of nitrogens with zero attached hydrogens (tertiary/aromatic N) is 4. The van der Waals surface area contributed by atoms with E-state index < -0.39 is 0 Å². The largest absolute Gasteiger partial charge is 0.378 e. The molecule has 2 aliphatic heterocycles. The minimum atomic E-state index is -0.141. The second-order valence-electron chi connectivity index (χ2n) is 8.27. The Labute approximate surface area is 193 Å². The number of hydrogen-bond acceptors (Lipinski definition) is 5. The van der Waals surface area contributed by atoms with Gasteiger partial charge in [-0.2, -0.15) is 4.99 Å². The van der Waals surface area contributed by atoms with Gasteiger partial charge in [0.15, 0.2) is 5.17 Å². The summed E-state index contributed by atoms with van der Waals surface area (Å²) in [5, 5.41) is 3.38. The summed E-state index contributed by atoms with van der Waals surface area (Å²) >= 11 is 1.49. The summed E-state index contributed by atoms with van der Waals surface area (Å²) < 4.78 is 0. The summed E-state index contributed by atoms with van der Waals surface area (Å²) in [5.41, 5.74) is 3.43.